The van der Waals surface area contributed by atoms with Crippen molar-refractivity contribution in [3.05, 3.63) is 23.8 Å². The van der Waals surface area contributed by atoms with Gasteiger partial charge in [-0.3, -0.25) is 5.43 Å². The first-order valence-electron chi connectivity index (χ1n) is 4.64. The van der Waals surface area contributed by atoms with Crippen molar-refractivity contribution in [3.63, 3.8) is 0 Å². The Morgan fingerprint density at radius 1 is 1.50 bits per heavy atom. The molecule has 6 heteroatoms. The third-order valence-electron chi connectivity index (χ3n) is 1.95. The van der Waals surface area contributed by atoms with E-state index in [1.165, 1.54) is 12.1 Å². The summed E-state index contributed by atoms with van der Waals surface area (Å²) in [6.45, 7) is 0. The lowest BCUT2D eigenvalue weighted by Gasteiger charge is -2.07. The molecule has 0 saturated heterocycles. The van der Waals surface area contributed by atoms with Crippen LogP contribution in [0.25, 0.3) is 11.1 Å². The normalized spacial score (nSPS) is 10.9. The van der Waals surface area contributed by atoms with Crippen molar-refractivity contribution >= 4 is 23.1 Å². The van der Waals surface area contributed by atoms with Gasteiger partial charge >= 0.3 is 12.0 Å². The summed E-state index contributed by atoms with van der Waals surface area (Å²) in [5.41, 5.74) is 4.10. The average molecular weight is 221 g/mol. The number of hydrogen-bond donors (Lipinski definition) is 2. The van der Waals surface area contributed by atoms with E-state index in [0.717, 1.165) is 0 Å². The van der Waals surface area contributed by atoms with Crippen LogP contribution >= 0.6 is 0 Å². The molecule has 84 valence electrons. The number of aromatic nitrogens is 1. The van der Waals surface area contributed by atoms with Crippen molar-refractivity contribution < 1.29 is 14.3 Å². The summed E-state index contributed by atoms with van der Waals surface area (Å²) in [6.07, 6.45) is 0. The molecule has 2 N–H and O–H groups in total. The van der Waals surface area contributed by atoms with E-state index in [0.29, 0.717) is 17.1 Å². The zero-order valence-electron chi connectivity index (χ0n) is 8.89. The van der Waals surface area contributed by atoms with E-state index in [9.17, 15) is 4.79 Å². The molecule has 0 aliphatic carbocycles. The van der Waals surface area contributed by atoms with E-state index < -0.39 is 5.97 Å². The molecule has 0 unspecified atom stereocenters. The van der Waals surface area contributed by atoms with E-state index in [1.54, 1.807) is 25.2 Å². The highest BCUT2D eigenvalue weighted by atomic mass is 16.4. The maximum Gasteiger partial charge on any atom is 0.335 e. The Labute approximate surface area is 91.5 Å². The first-order chi connectivity index (χ1) is 7.56. The molecule has 0 aliphatic heterocycles. The van der Waals surface area contributed by atoms with Crippen molar-refractivity contribution in [2.24, 2.45) is 0 Å². The average Bonchev–Trinajstić information content (AvgIpc) is 2.56. The van der Waals surface area contributed by atoms with Gasteiger partial charge in [-0.05, 0) is 18.2 Å². The minimum atomic E-state index is -0.986. The largest absolute Gasteiger partial charge is 0.478 e. The van der Waals surface area contributed by atoms with Crippen LogP contribution in [0.2, 0.25) is 0 Å². The molecule has 0 saturated carbocycles. The number of hydrazine groups is 1. The van der Waals surface area contributed by atoms with Gasteiger partial charge in [0.05, 0.1) is 5.56 Å². The molecule has 6 nitrogen and oxygen atoms in total. The summed E-state index contributed by atoms with van der Waals surface area (Å²) in [5, 5.41) is 10.5. The number of carboxylic acid groups (broad SMARTS) is 1. The van der Waals surface area contributed by atoms with Crippen molar-refractivity contribution in [2.45, 2.75) is 0 Å². The number of fused-ring (bicyclic) bond motifs is 1. The van der Waals surface area contributed by atoms with Gasteiger partial charge in [0.1, 0.15) is 5.52 Å². The highest BCUT2D eigenvalue weighted by Crippen LogP contribution is 2.20. The van der Waals surface area contributed by atoms with Gasteiger partial charge in [-0.1, -0.05) is 0 Å². The topological polar surface area (TPSA) is 78.6 Å². The third-order valence-corrected chi connectivity index (χ3v) is 1.95. The molecule has 1 aromatic carbocycles. The van der Waals surface area contributed by atoms with Crippen LogP contribution in [0, 0.1) is 0 Å². The van der Waals surface area contributed by atoms with Crippen molar-refractivity contribution in [1.82, 2.24) is 9.99 Å². The molecule has 0 radical (unpaired) electrons. The molecule has 0 aliphatic rings. The first-order valence-corrected chi connectivity index (χ1v) is 4.64. The monoisotopic (exact) mass is 221 g/mol. The molecular formula is C10H11N3O3. The molecule has 1 aromatic heterocycles. The smallest absolute Gasteiger partial charge is 0.335 e. The lowest BCUT2D eigenvalue weighted by atomic mass is 10.2. The molecule has 16 heavy (non-hydrogen) atoms. The van der Waals surface area contributed by atoms with Crippen molar-refractivity contribution in [3.8, 4) is 0 Å². The van der Waals surface area contributed by atoms with Crippen LogP contribution < -0.4 is 5.43 Å². The molecule has 2 aromatic rings. The van der Waals surface area contributed by atoms with Crippen LogP contribution in [0.1, 0.15) is 10.4 Å². The van der Waals surface area contributed by atoms with Crippen LogP contribution in [0.15, 0.2) is 22.6 Å². The van der Waals surface area contributed by atoms with Crippen LogP contribution in [0.5, 0.6) is 0 Å². The number of hydrogen-bond acceptors (Lipinski definition) is 5. The zero-order valence-corrected chi connectivity index (χ0v) is 8.89. The number of rotatable bonds is 3. The summed E-state index contributed by atoms with van der Waals surface area (Å²) in [6, 6.07) is 4.89. The highest BCUT2D eigenvalue weighted by molar-refractivity contribution is 5.91. The van der Waals surface area contributed by atoms with Gasteiger partial charge in [0, 0.05) is 14.1 Å². The Kier molecular flexibility index (Phi) is 2.49. The Morgan fingerprint density at radius 2 is 2.25 bits per heavy atom. The molecule has 0 atom stereocenters. The van der Waals surface area contributed by atoms with Crippen LogP contribution in [-0.4, -0.2) is 35.2 Å². The Bertz CT molecular complexity index is 533. The molecule has 0 fully saturated rings. The minimum absolute atomic E-state index is 0.181. The maximum absolute atomic E-state index is 10.7. The summed E-state index contributed by atoms with van der Waals surface area (Å²) in [7, 11) is 3.61. The zero-order chi connectivity index (χ0) is 11.7. The summed E-state index contributed by atoms with van der Waals surface area (Å²) in [4.78, 5) is 14.9. The summed E-state index contributed by atoms with van der Waals surface area (Å²) < 4.78 is 5.34. The Balaban J connectivity index is 2.42. The van der Waals surface area contributed by atoms with Gasteiger partial charge in [0.2, 0.25) is 0 Å². The number of nitrogens with zero attached hydrogens (tertiary/aromatic N) is 2. The number of nitrogens with one attached hydrogen (secondary N) is 1. The summed E-state index contributed by atoms with van der Waals surface area (Å²) >= 11 is 0. The quantitative estimate of drug-likeness (QED) is 0.763. The third kappa shape index (κ3) is 1.96. The second kappa shape index (κ2) is 3.82. The van der Waals surface area contributed by atoms with Crippen molar-refractivity contribution in [1.29, 1.82) is 0 Å². The molecule has 0 amide bonds. The van der Waals surface area contributed by atoms with Crippen LogP contribution in [0.3, 0.4) is 0 Å². The van der Waals surface area contributed by atoms with Gasteiger partial charge in [0.25, 0.3) is 0 Å². The molecule has 0 spiro atoms. The summed E-state index contributed by atoms with van der Waals surface area (Å²) in [5.74, 6) is -0.986. The lowest BCUT2D eigenvalue weighted by Crippen LogP contribution is -2.19. The van der Waals surface area contributed by atoms with Gasteiger partial charge in [-0.15, -0.1) is 0 Å². The standard InChI is InChI=1S/C10H11N3O3/c1-13(2)12-10-11-7-4-3-6(9(14)15)5-8(7)16-10/h3-5H,1-2H3,(H,11,12)(H,14,15). The second-order valence-electron chi connectivity index (χ2n) is 3.51. The molecular weight excluding hydrogens is 210 g/mol. The van der Waals surface area contributed by atoms with E-state index in [2.05, 4.69) is 10.4 Å². The van der Waals surface area contributed by atoms with Gasteiger partial charge in [-0.2, -0.15) is 4.98 Å². The van der Waals surface area contributed by atoms with Gasteiger partial charge in [0.15, 0.2) is 5.58 Å². The predicted octanol–water partition coefficient (Wildman–Crippen LogP) is 1.41. The minimum Gasteiger partial charge on any atom is -0.478 e. The fourth-order valence-corrected chi connectivity index (χ4v) is 1.30. The Hall–Kier alpha value is -2.08. The van der Waals surface area contributed by atoms with Crippen LogP contribution in [0.4, 0.5) is 6.01 Å². The number of aromatic carboxylic acids is 1. The van der Waals surface area contributed by atoms with Crippen molar-refractivity contribution in [2.75, 3.05) is 19.5 Å². The van der Waals surface area contributed by atoms with Crippen LogP contribution in [-0.2, 0) is 0 Å². The number of carbonyl (C=O) groups is 1. The number of benzene rings is 1. The Morgan fingerprint density at radius 3 is 2.88 bits per heavy atom. The highest BCUT2D eigenvalue weighted by Gasteiger charge is 2.09. The fourth-order valence-electron chi connectivity index (χ4n) is 1.30. The number of oxazole rings is 1. The first kappa shape index (κ1) is 10.4. The number of anilines is 1. The van der Waals surface area contributed by atoms with E-state index >= 15 is 0 Å². The van der Waals surface area contributed by atoms with E-state index in [-0.39, 0.29) is 5.56 Å². The molecule has 1 heterocycles. The van der Waals surface area contributed by atoms with E-state index in [4.69, 9.17) is 9.52 Å². The number of carboxylic acids is 1. The predicted molar refractivity (Wildman–Crippen MR) is 58.3 cm³/mol. The SMILES string of the molecule is CN(C)Nc1nc2ccc(C(=O)O)cc2o1. The molecule has 2 rings (SSSR count). The second-order valence-corrected chi connectivity index (χ2v) is 3.51. The van der Waals surface area contributed by atoms with Gasteiger partial charge in [-0.25, -0.2) is 9.80 Å². The van der Waals surface area contributed by atoms with Gasteiger partial charge < -0.3 is 9.52 Å². The molecule has 0 bridgehead atoms. The lowest BCUT2D eigenvalue weighted by molar-refractivity contribution is 0.0697. The maximum atomic E-state index is 10.7. The fraction of sp³-hybridized carbons (Fsp3) is 0.200. The van der Waals surface area contributed by atoms with E-state index in [1.807, 2.05) is 0 Å².